The average Bonchev–Trinajstić information content (AvgIpc) is 1.94. The fourth-order valence-electron chi connectivity index (χ4n) is 1.13. The SMILES string of the molecule is [C-]#[N+]CCCCCC[N+](C)(C)C. The van der Waals surface area contributed by atoms with Gasteiger partial charge in [0.2, 0.25) is 6.54 Å². The topological polar surface area (TPSA) is 4.36 Å². The highest BCUT2D eigenvalue weighted by atomic mass is 15.3. The molecule has 12 heavy (non-hydrogen) atoms. The van der Waals surface area contributed by atoms with Crippen molar-refractivity contribution in [2.45, 2.75) is 25.7 Å². The minimum atomic E-state index is 0.713. The minimum absolute atomic E-state index is 0.713. The molecule has 0 unspecified atom stereocenters. The van der Waals surface area contributed by atoms with E-state index in [4.69, 9.17) is 6.57 Å². The maximum Gasteiger partial charge on any atom is 0.214 e. The van der Waals surface area contributed by atoms with Crippen LogP contribution in [0.5, 0.6) is 0 Å². The second kappa shape index (κ2) is 6.02. The third-order valence-electron chi connectivity index (χ3n) is 1.85. The zero-order valence-corrected chi connectivity index (χ0v) is 8.64. The molecule has 2 heteroatoms. The first-order valence-electron chi connectivity index (χ1n) is 4.70. The molecule has 0 atom stereocenters. The Morgan fingerprint density at radius 1 is 1.00 bits per heavy atom. The van der Waals surface area contributed by atoms with Crippen molar-refractivity contribution in [2.75, 3.05) is 34.2 Å². The second-order valence-corrected chi connectivity index (χ2v) is 4.31. The van der Waals surface area contributed by atoms with Crippen LogP contribution in [0.25, 0.3) is 4.85 Å². The van der Waals surface area contributed by atoms with Gasteiger partial charge in [-0.25, -0.2) is 6.57 Å². The summed E-state index contributed by atoms with van der Waals surface area (Å²) in [5.41, 5.74) is 0. The van der Waals surface area contributed by atoms with E-state index in [1.54, 1.807) is 0 Å². The fourth-order valence-corrected chi connectivity index (χ4v) is 1.13. The monoisotopic (exact) mass is 169 g/mol. The van der Waals surface area contributed by atoms with Gasteiger partial charge in [-0.3, -0.25) is 0 Å². The van der Waals surface area contributed by atoms with Crippen LogP contribution in [-0.2, 0) is 0 Å². The minimum Gasteiger partial charge on any atom is -0.331 e. The second-order valence-electron chi connectivity index (χ2n) is 4.31. The highest BCUT2D eigenvalue weighted by Crippen LogP contribution is 2.03. The molecule has 0 aliphatic heterocycles. The number of hydrogen-bond donors (Lipinski definition) is 0. The van der Waals surface area contributed by atoms with Crippen LogP contribution < -0.4 is 0 Å². The maximum atomic E-state index is 6.60. The third-order valence-corrected chi connectivity index (χ3v) is 1.85. The van der Waals surface area contributed by atoms with Crippen LogP contribution in [0, 0.1) is 6.57 Å². The largest absolute Gasteiger partial charge is 0.331 e. The zero-order chi connectivity index (χ0) is 9.45. The molecule has 0 saturated carbocycles. The van der Waals surface area contributed by atoms with Gasteiger partial charge in [0.1, 0.15) is 0 Å². The molecular formula is C10H21N2+. The summed E-state index contributed by atoms with van der Waals surface area (Å²) < 4.78 is 1.06. The molecule has 0 N–H and O–H groups in total. The van der Waals surface area contributed by atoms with E-state index in [0.717, 1.165) is 10.9 Å². The molecule has 0 saturated heterocycles. The van der Waals surface area contributed by atoms with Crippen molar-refractivity contribution in [2.24, 2.45) is 0 Å². The Morgan fingerprint density at radius 3 is 2.08 bits per heavy atom. The first-order chi connectivity index (χ1) is 5.56. The quantitative estimate of drug-likeness (QED) is 0.326. The third kappa shape index (κ3) is 9.45. The number of rotatable bonds is 6. The van der Waals surface area contributed by atoms with Crippen LogP contribution in [0.3, 0.4) is 0 Å². The van der Waals surface area contributed by atoms with E-state index in [1.165, 1.54) is 25.8 Å². The lowest BCUT2D eigenvalue weighted by atomic mass is 10.2. The summed E-state index contributed by atoms with van der Waals surface area (Å²) in [6, 6.07) is 0. The smallest absolute Gasteiger partial charge is 0.214 e. The summed E-state index contributed by atoms with van der Waals surface area (Å²) in [5.74, 6) is 0. The molecular weight excluding hydrogens is 148 g/mol. The van der Waals surface area contributed by atoms with Gasteiger partial charge in [0.05, 0.1) is 27.7 Å². The summed E-state index contributed by atoms with van der Waals surface area (Å²) in [7, 11) is 6.66. The summed E-state index contributed by atoms with van der Waals surface area (Å²) in [4.78, 5) is 3.33. The Morgan fingerprint density at radius 2 is 1.58 bits per heavy atom. The molecule has 0 aliphatic carbocycles. The Labute approximate surface area is 76.6 Å². The van der Waals surface area contributed by atoms with E-state index >= 15 is 0 Å². The molecule has 2 nitrogen and oxygen atoms in total. The molecule has 70 valence electrons. The van der Waals surface area contributed by atoms with Crippen LogP contribution in [-0.4, -0.2) is 38.7 Å². The molecule has 0 aromatic heterocycles. The Hall–Kier alpha value is -0.550. The van der Waals surface area contributed by atoms with Gasteiger partial charge in [-0.05, 0) is 19.3 Å². The summed E-state index contributed by atoms with van der Waals surface area (Å²) in [6.45, 7) is 8.56. The normalized spacial score (nSPS) is 11.2. The lowest BCUT2D eigenvalue weighted by Crippen LogP contribution is -2.35. The molecule has 0 bridgehead atoms. The van der Waals surface area contributed by atoms with Crippen molar-refractivity contribution < 1.29 is 4.48 Å². The van der Waals surface area contributed by atoms with Crippen LogP contribution in [0.2, 0.25) is 0 Å². The molecule has 0 radical (unpaired) electrons. The van der Waals surface area contributed by atoms with Crippen molar-refractivity contribution in [1.29, 1.82) is 0 Å². The van der Waals surface area contributed by atoms with Gasteiger partial charge in [-0.2, -0.15) is 0 Å². The van der Waals surface area contributed by atoms with Crippen molar-refractivity contribution >= 4 is 0 Å². The van der Waals surface area contributed by atoms with Crippen LogP contribution in [0.1, 0.15) is 25.7 Å². The van der Waals surface area contributed by atoms with E-state index in [1.807, 2.05) is 0 Å². The zero-order valence-electron chi connectivity index (χ0n) is 8.64. The van der Waals surface area contributed by atoms with Gasteiger partial charge >= 0.3 is 0 Å². The average molecular weight is 169 g/mol. The fraction of sp³-hybridized carbons (Fsp3) is 0.900. The molecule has 0 aromatic carbocycles. The molecule has 0 fully saturated rings. The van der Waals surface area contributed by atoms with Crippen molar-refractivity contribution in [3.05, 3.63) is 11.4 Å². The maximum absolute atomic E-state index is 6.60. The molecule has 0 aliphatic rings. The van der Waals surface area contributed by atoms with Crippen LogP contribution in [0.4, 0.5) is 0 Å². The van der Waals surface area contributed by atoms with Crippen molar-refractivity contribution in [3.63, 3.8) is 0 Å². The first kappa shape index (κ1) is 11.4. The van der Waals surface area contributed by atoms with Crippen molar-refractivity contribution in [1.82, 2.24) is 0 Å². The predicted octanol–water partition coefficient (Wildman–Crippen LogP) is 2.17. The van der Waals surface area contributed by atoms with E-state index in [2.05, 4.69) is 26.0 Å². The van der Waals surface area contributed by atoms with Crippen LogP contribution in [0.15, 0.2) is 0 Å². The highest BCUT2D eigenvalue weighted by molar-refractivity contribution is 4.57. The number of unbranched alkanes of at least 4 members (excludes halogenated alkanes) is 3. The van der Waals surface area contributed by atoms with Gasteiger partial charge in [0.25, 0.3) is 0 Å². The molecule has 0 spiro atoms. The highest BCUT2D eigenvalue weighted by Gasteiger charge is 2.04. The number of nitrogens with zero attached hydrogens (tertiary/aromatic N) is 2. The van der Waals surface area contributed by atoms with Crippen LogP contribution >= 0.6 is 0 Å². The van der Waals surface area contributed by atoms with Gasteiger partial charge in [-0.15, -0.1) is 0 Å². The molecule has 0 heterocycles. The Balaban J connectivity index is 3.07. The predicted molar refractivity (Wildman–Crippen MR) is 52.8 cm³/mol. The Kier molecular flexibility index (Phi) is 5.74. The van der Waals surface area contributed by atoms with E-state index in [9.17, 15) is 0 Å². The lowest BCUT2D eigenvalue weighted by molar-refractivity contribution is -0.870. The number of hydrogen-bond acceptors (Lipinski definition) is 0. The van der Waals surface area contributed by atoms with E-state index in [0.29, 0.717) is 6.54 Å². The summed E-state index contributed by atoms with van der Waals surface area (Å²) >= 11 is 0. The molecule has 0 amide bonds. The summed E-state index contributed by atoms with van der Waals surface area (Å²) in [6.07, 6.45) is 4.88. The standard InChI is InChI=1S/C10H21N2/c1-11-9-7-5-6-8-10-12(2,3)4/h5-10H2,2-4H3/q+1. The van der Waals surface area contributed by atoms with E-state index in [-0.39, 0.29) is 0 Å². The van der Waals surface area contributed by atoms with Gasteiger partial charge < -0.3 is 9.33 Å². The molecule has 0 rings (SSSR count). The number of quaternary nitrogens is 1. The van der Waals surface area contributed by atoms with E-state index < -0.39 is 0 Å². The lowest BCUT2D eigenvalue weighted by Gasteiger charge is -2.23. The summed E-state index contributed by atoms with van der Waals surface area (Å²) in [5, 5.41) is 0. The van der Waals surface area contributed by atoms with Gasteiger partial charge in [-0.1, -0.05) is 0 Å². The Bertz CT molecular complexity index is 139. The van der Waals surface area contributed by atoms with Gasteiger partial charge in [0.15, 0.2) is 0 Å². The van der Waals surface area contributed by atoms with Gasteiger partial charge in [0, 0.05) is 6.42 Å². The first-order valence-corrected chi connectivity index (χ1v) is 4.70. The molecule has 0 aromatic rings. The van der Waals surface area contributed by atoms with Crippen molar-refractivity contribution in [3.8, 4) is 0 Å².